The molecule has 0 radical (unpaired) electrons. The molecule has 0 saturated carbocycles. The number of halogens is 1. The minimum absolute atomic E-state index is 0.253. The summed E-state index contributed by atoms with van der Waals surface area (Å²) in [5.41, 5.74) is 5.29. The van der Waals surface area contributed by atoms with E-state index in [0.29, 0.717) is 19.1 Å². The van der Waals surface area contributed by atoms with Crippen LogP contribution >= 0.6 is 0 Å². The van der Waals surface area contributed by atoms with Crippen LogP contribution in [0.1, 0.15) is 37.4 Å². The number of alkyl halides is 1. The zero-order valence-corrected chi connectivity index (χ0v) is 17.7. The zero-order valence-electron chi connectivity index (χ0n) is 17.7. The molecule has 2 aliphatic rings. The molecule has 4 heterocycles. The van der Waals surface area contributed by atoms with E-state index in [1.54, 1.807) is 0 Å². The topological polar surface area (TPSA) is 79.0 Å². The maximum Gasteiger partial charge on any atom is 0.144 e. The summed E-state index contributed by atoms with van der Waals surface area (Å²) in [5, 5.41) is 11.6. The number of benzene rings is 1. The molecule has 1 saturated heterocycles. The van der Waals surface area contributed by atoms with Crippen molar-refractivity contribution in [1.82, 2.24) is 25.1 Å². The number of rotatable bonds is 7. The van der Waals surface area contributed by atoms with Gasteiger partial charge in [0.2, 0.25) is 0 Å². The number of anilines is 1. The van der Waals surface area contributed by atoms with E-state index < -0.39 is 0 Å². The lowest BCUT2D eigenvalue weighted by atomic mass is 9.93. The fourth-order valence-corrected chi connectivity index (χ4v) is 4.48. The Bertz CT molecular complexity index is 1090. The van der Waals surface area contributed by atoms with Crippen LogP contribution in [-0.4, -0.2) is 64.0 Å². The SMILES string of the molecule is CCC1=C(c2cnc(NC3CN(CCCF)C3)cn2)c2ccc3[nH]ncc3c2OCC1. The van der Waals surface area contributed by atoms with Crippen LogP contribution in [0.15, 0.2) is 36.3 Å². The van der Waals surface area contributed by atoms with Crippen LogP contribution in [0.2, 0.25) is 0 Å². The first-order valence-corrected chi connectivity index (χ1v) is 11.0. The Morgan fingerprint density at radius 2 is 2.13 bits per heavy atom. The molecule has 3 aromatic rings. The number of hydrogen-bond donors (Lipinski definition) is 2. The molecule has 0 unspecified atom stereocenters. The average Bonchev–Trinajstić information content (AvgIpc) is 3.17. The van der Waals surface area contributed by atoms with Gasteiger partial charge in [-0.2, -0.15) is 5.10 Å². The van der Waals surface area contributed by atoms with Crippen LogP contribution in [-0.2, 0) is 0 Å². The van der Waals surface area contributed by atoms with Crippen LogP contribution in [0.5, 0.6) is 5.75 Å². The second-order valence-corrected chi connectivity index (χ2v) is 8.13. The van der Waals surface area contributed by atoms with E-state index in [1.165, 1.54) is 5.57 Å². The number of aromatic nitrogens is 4. The smallest absolute Gasteiger partial charge is 0.144 e. The summed E-state index contributed by atoms with van der Waals surface area (Å²) < 4.78 is 18.5. The summed E-state index contributed by atoms with van der Waals surface area (Å²) in [6.07, 6.45) is 7.87. The predicted octanol–water partition coefficient (Wildman–Crippen LogP) is 3.80. The molecule has 0 bridgehead atoms. The Balaban J connectivity index is 1.39. The van der Waals surface area contributed by atoms with E-state index in [9.17, 15) is 4.39 Å². The van der Waals surface area contributed by atoms with Crippen molar-refractivity contribution in [1.29, 1.82) is 0 Å². The molecule has 1 aromatic carbocycles. The first kappa shape index (κ1) is 19.9. The van der Waals surface area contributed by atoms with Gasteiger partial charge in [0, 0.05) is 37.2 Å². The highest BCUT2D eigenvalue weighted by atomic mass is 19.1. The van der Waals surface area contributed by atoms with Gasteiger partial charge in [-0.25, -0.2) is 4.98 Å². The van der Waals surface area contributed by atoms with Gasteiger partial charge in [0.1, 0.15) is 11.6 Å². The van der Waals surface area contributed by atoms with Gasteiger partial charge in [-0.1, -0.05) is 12.5 Å². The lowest BCUT2D eigenvalue weighted by molar-refractivity contribution is 0.155. The van der Waals surface area contributed by atoms with Crippen LogP contribution in [0.25, 0.3) is 16.5 Å². The van der Waals surface area contributed by atoms with Crippen molar-refractivity contribution in [3.63, 3.8) is 0 Å². The Labute approximate surface area is 180 Å². The third-order valence-electron chi connectivity index (χ3n) is 6.10. The fourth-order valence-electron chi connectivity index (χ4n) is 4.48. The van der Waals surface area contributed by atoms with Crippen molar-refractivity contribution in [3.8, 4) is 5.75 Å². The minimum Gasteiger partial charge on any atom is -0.492 e. The molecule has 7 nitrogen and oxygen atoms in total. The second kappa shape index (κ2) is 8.63. The summed E-state index contributed by atoms with van der Waals surface area (Å²) in [6, 6.07) is 4.46. The third-order valence-corrected chi connectivity index (χ3v) is 6.10. The highest BCUT2D eigenvalue weighted by Gasteiger charge is 2.27. The van der Waals surface area contributed by atoms with Crippen LogP contribution in [0.4, 0.5) is 10.2 Å². The van der Waals surface area contributed by atoms with Gasteiger partial charge in [-0.05, 0) is 25.0 Å². The summed E-state index contributed by atoms with van der Waals surface area (Å²) in [6.45, 7) is 5.21. The molecule has 31 heavy (non-hydrogen) atoms. The van der Waals surface area contributed by atoms with E-state index in [4.69, 9.17) is 9.72 Å². The molecular formula is C23H27FN6O. The summed E-state index contributed by atoms with van der Waals surface area (Å²) >= 11 is 0. The number of aromatic amines is 1. The predicted molar refractivity (Wildman–Crippen MR) is 119 cm³/mol. The number of H-pyrrole nitrogens is 1. The van der Waals surface area contributed by atoms with Crippen molar-refractivity contribution < 1.29 is 9.13 Å². The van der Waals surface area contributed by atoms with Gasteiger partial charge in [0.25, 0.3) is 0 Å². The zero-order chi connectivity index (χ0) is 21.2. The van der Waals surface area contributed by atoms with Crippen molar-refractivity contribution in [3.05, 3.63) is 47.6 Å². The molecule has 0 amide bonds. The van der Waals surface area contributed by atoms with Crippen molar-refractivity contribution in [2.24, 2.45) is 0 Å². The van der Waals surface area contributed by atoms with Crippen LogP contribution in [0, 0.1) is 0 Å². The molecule has 8 heteroatoms. The molecule has 0 atom stereocenters. The molecule has 2 N–H and O–H groups in total. The molecule has 162 valence electrons. The number of nitrogens with one attached hydrogen (secondary N) is 2. The van der Waals surface area contributed by atoms with Gasteiger partial charge in [0.15, 0.2) is 0 Å². The van der Waals surface area contributed by atoms with Gasteiger partial charge >= 0.3 is 0 Å². The standard InChI is InChI=1S/C23H27FN6O/c1-2-15-6-9-31-23-17(4-5-19-18(23)10-27-29-19)22(15)20-11-26-21(12-25-20)28-16-13-30(14-16)8-3-7-24/h4-5,10-12,16H,2-3,6-9,13-14H2,1H3,(H,26,28)(H,27,29). The molecule has 2 aromatic heterocycles. The highest BCUT2D eigenvalue weighted by Crippen LogP contribution is 2.40. The van der Waals surface area contributed by atoms with E-state index in [2.05, 4.69) is 38.4 Å². The Kier molecular flexibility index (Phi) is 5.55. The van der Waals surface area contributed by atoms with Gasteiger partial charge in [-0.3, -0.25) is 19.4 Å². The third kappa shape index (κ3) is 3.87. The molecule has 2 aliphatic heterocycles. The Hall–Kier alpha value is -3.00. The van der Waals surface area contributed by atoms with Gasteiger partial charge in [-0.15, -0.1) is 0 Å². The minimum atomic E-state index is -0.253. The van der Waals surface area contributed by atoms with E-state index in [-0.39, 0.29) is 6.67 Å². The Morgan fingerprint density at radius 3 is 2.90 bits per heavy atom. The van der Waals surface area contributed by atoms with Crippen LogP contribution < -0.4 is 10.1 Å². The first-order chi connectivity index (χ1) is 15.3. The van der Waals surface area contributed by atoms with Crippen LogP contribution in [0.3, 0.4) is 0 Å². The molecule has 5 rings (SSSR count). The number of hydrogen-bond acceptors (Lipinski definition) is 6. The lowest BCUT2D eigenvalue weighted by Crippen LogP contribution is -2.54. The summed E-state index contributed by atoms with van der Waals surface area (Å²) in [7, 11) is 0. The molecule has 0 spiro atoms. The number of fused-ring (bicyclic) bond motifs is 3. The largest absolute Gasteiger partial charge is 0.492 e. The lowest BCUT2D eigenvalue weighted by Gasteiger charge is -2.39. The van der Waals surface area contributed by atoms with E-state index >= 15 is 0 Å². The number of likely N-dealkylation sites (tertiary alicyclic amines) is 1. The monoisotopic (exact) mass is 422 g/mol. The van der Waals surface area contributed by atoms with Gasteiger partial charge in [0.05, 0.1) is 54.5 Å². The van der Waals surface area contributed by atoms with Gasteiger partial charge < -0.3 is 10.1 Å². The fraction of sp³-hybridized carbons (Fsp3) is 0.435. The highest BCUT2D eigenvalue weighted by molar-refractivity contribution is 5.94. The molecular weight excluding hydrogens is 395 g/mol. The second-order valence-electron chi connectivity index (χ2n) is 8.13. The van der Waals surface area contributed by atoms with E-state index in [0.717, 1.165) is 71.8 Å². The summed E-state index contributed by atoms with van der Waals surface area (Å²) in [5.74, 6) is 1.63. The normalized spacial score (nSPS) is 17.2. The maximum absolute atomic E-state index is 12.3. The number of nitrogens with zero attached hydrogens (tertiary/aromatic N) is 4. The van der Waals surface area contributed by atoms with E-state index in [1.807, 2.05) is 24.7 Å². The first-order valence-electron chi connectivity index (χ1n) is 11.0. The quantitative estimate of drug-likeness (QED) is 0.603. The molecule has 0 aliphatic carbocycles. The van der Waals surface area contributed by atoms with Crippen molar-refractivity contribution in [2.45, 2.75) is 32.2 Å². The summed E-state index contributed by atoms with van der Waals surface area (Å²) in [4.78, 5) is 11.7. The van der Waals surface area contributed by atoms with Crippen molar-refractivity contribution >= 4 is 22.3 Å². The molecule has 1 fully saturated rings. The number of ether oxygens (including phenoxy) is 1. The van der Waals surface area contributed by atoms with Crippen molar-refractivity contribution in [2.75, 3.05) is 38.2 Å². The Morgan fingerprint density at radius 1 is 1.23 bits per heavy atom. The maximum atomic E-state index is 12.3. The average molecular weight is 423 g/mol.